The molecule has 0 aromatic heterocycles. The summed E-state index contributed by atoms with van der Waals surface area (Å²) in [6, 6.07) is 3.83. The molecule has 17 heavy (non-hydrogen) atoms. The summed E-state index contributed by atoms with van der Waals surface area (Å²) in [7, 11) is 0. The number of aryl methyl sites for hydroxylation is 2. The van der Waals surface area contributed by atoms with Crippen molar-refractivity contribution in [2.24, 2.45) is 0 Å². The van der Waals surface area contributed by atoms with E-state index in [9.17, 15) is 4.79 Å². The van der Waals surface area contributed by atoms with Gasteiger partial charge in [0.1, 0.15) is 6.61 Å². The zero-order valence-electron chi connectivity index (χ0n) is 10.3. The minimum Gasteiger partial charge on any atom is -0.461 e. The van der Waals surface area contributed by atoms with Crippen LogP contribution in [-0.4, -0.2) is 18.5 Å². The molecule has 0 radical (unpaired) electrons. The first-order valence-electron chi connectivity index (χ1n) is 5.78. The van der Waals surface area contributed by atoms with E-state index in [1.807, 2.05) is 19.9 Å². The number of hydrogen-bond acceptors (Lipinski definition) is 3. The molecule has 3 nitrogen and oxygen atoms in total. The predicted octanol–water partition coefficient (Wildman–Crippen LogP) is 2.79. The molecule has 0 aliphatic carbocycles. The molecule has 0 atom stereocenters. The Morgan fingerprint density at radius 1 is 1.35 bits per heavy atom. The monoisotopic (exact) mass is 255 g/mol. The molecule has 94 valence electrons. The molecular weight excluding hydrogens is 238 g/mol. The smallest absolute Gasteiger partial charge is 0.340 e. The summed E-state index contributed by atoms with van der Waals surface area (Å²) >= 11 is 5.48. The van der Waals surface area contributed by atoms with Gasteiger partial charge in [-0.2, -0.15) is 0 Å². The highest BCUT2D eigenvalue weighted by Crippen LogP contribution is 2.22. The SMILES string of the molecule is CCc1cc(CC)c(N)c(C(=O)OCCCl)c1. The number of benzene rings is 1. The van der Waals surface area contributed by atoms with Gasteiger partial charge >= 0.3 is 5.97 Å². The molecule has 0 spiro atoms. The van der Waals surface area contributed by atoms with Crippen LogP contribution in [0.5, 0.6) is 0 Å². The van der Waals surface area contributed by atoms with Gasteiger partial charge in [0.15, 0.2) is 0 Å². The summed E-state index contributed by atoms with van der Waals surface area (Å²) in [5, 5.41) is 0. The molecule has 0 saturated heterocycles. The molecule has 0 aliphatic heterocycles. The number of ether oxygens (including phenoxy) is 1. The Kier molecular flexibility index (Phi) is 5.29. The van der Waals surface area contributed by atoms with E-state index in [4.69, 9.17) is 22.1 Å². The van der Waals surface area contributed by atoms with Crippen molar-refractivity contribution in [3.63, 3.8) is 0 Å². The first-order chi connectivity index (χ1) is 8.13. The maximum Gasteiger partial charge on any atom is 0.340 e. The number of alkyl halides is 1. The van der Waals surface area contributed by atoms with E-state index >= 15 is 0 Å². The zero-order valence-corrected chi connectivity index (χ0v) is 11.0. The van der Waals surface area contributed by atoms with Crippen molar-refractivity contribution in [3.05, 3.63) is 28.8 Å². The molecule has 1 aromatic rings. The minimum atomic E-state index is -0.395. The fourth-order valence-corrected chi connectivity index (χ4v) is 1.73. The van der Waals surface area contributed by atoms with E-state index in [2.05, 4.69) is 0 Å². The highest BCUT2D eigenvalue weighted by molar-refractivity contribution is 6.18. The number of carbonyl (C=O) groups is 1. The van der Waals surface area contributed by atoms with Gasteiger partial charge in [-0.25, -0.2) is 4.79 Å². The van der Waals surface area contributed by atoms with Gasteiger partial charge in [0.2, 0.25) is 0 Å². The van der Waals surface area contributed by atoms with Gasteiger partial charge in [-0.15, -0.1) is 11.6 Å². The van der Waals surface area contributed by atoms with E-state index in [-0.39, 0.29) is 6.61 Å². The Morgan fingerprint density at radius 2 is 2.06 bits per heavy atom. The topological polar surface area (TPSA) is 52.3 Å². The number of anilines is 1. The van der Waals surface area contributed by atoms with Crippen LogP contribution in [0.2, 0.25) is 0 Å². The van der Waals surface area contributed by atoms with Crippen LogP contribution in [0.4, 0.5) is 5.69 Å². The van der Waals surface area contributed by atoms with Crippen LogP contribution in [0.1, 0.15) is 35.3 Å². The average Bonchev–Trinajstić information content (AvgIpc) is 2.36. The van der Waals surface area contributed by atoms with Crippen molar-refractivity contribution in [2.75, 3.05) is 18.2 Å². The standard InChI is InChI=1S/C13H18ClNO2/c1-3-9-7-10(4-2)12(15)11(8-9)13(16)17-6-5-14/h7-8H,3-6,15H2,1-2H3. The van der Waals surface area contributed by atoms with Crippen molar-refractivity contribution < 1.29 is 9.53 Å². The average molecular weight is 256 g/mol. The van der Waals surface area contributed by atoms with E-state index < -0.39 is 5.97 Å². The number of nitrogen functional groups attached to an aromatic ring is 1. The molecule has 0 bridgehead atoms. The second-order valence-electron chi connectivity index (χ2n) is 3.75. The lowest BCUT2D eigenvalue weighted by Gasteiger charge is -2.11. The predicted molar refractivity (Wildman–Crippen MR) is 70.6 cm³/mol. The van der Waals surface area contributed by atoms with Crippen molar-refractivity contribution in [1.82, 2.24) is 0 Å². The van der Waals surface area contributed by atoms with E-state index in [0.717, 1.165) is 24.0 Å². The number of esters is 1. The second kappa shape index (κ2) is 6.50. The van der Waals surface area contributed by atoms with Gasteiger partial charge in [-0.1, -0.05) is 19.9 Å². The van der Waals surface area contributed by atoms with Gasteiger partial charge in [0, 0.05) is 5.69 Å². The Bertz CT molecular complexity index is 405. The van der Waals surface area contributed by atoms with Crippen LogP contribution in [0.3, 0.4) is 0 Å². The lowest BCUT2D eigenvalue weighted by atomic mass is 10.00. The third-order valence-electron chi connectivity index (χ3n) is 2.64. The third kappa shape index (κ3) is 3.37. The zero-order chi connectivity index (χ0) is 12.8. The molecule has 0 aliphatic rings. The molecule has 0 saturated carbocycles. The summed E-state index contributed by atoms with van der Waals surface area (Å²) < 4.78 is 5.01. The Morgan fingerprint density at radius 3 is 2.59 bits per heavy atom. The summed E-state index contributed by atoms with van der Waals surface area (Å²) in [6.07, 6.45) is 1.67. The molecule has 0 amide bonds. The van der Waals surface area contributed by atoms with Crippen molar-refractivity contribution in [2.45, 2.75) is 26.7 Å². The molecule has 0 heterocycles. The van der Waals surface area contributed by atoms with E-state index in [1.54, 1.807) is 6.07 Å². The normalized spacial score (nSPS) is 10.3. The Balaban J connectivity index is 3.08. The van der Waals surface area contributed by atoms with Crippen LogP contribution in [0, 0.1) is 0 Å². The molecule has 1 rings (SSSR count). The van der Waals surface area contributed by atoms with E-state index in [0.29, 0.717) is 17.1 Å². The number of hydrogen-bond donors (Lipinski definition) is 1. The molecule has 1 aromatic carbocycles. The quantitative estimate of drug-likeness (QED) is 0.500. The van der Waals surface area contributed by atoms with Crippen molar-refractivity contribution in [3.8, 4) is 0 Å². The van der Waals surface area contributed by atoms with Gasteiger partial charge in [-0.05, 0) is 30.0 Å². The van der Waals surface area contributed by atoms with Gasteiger partial charge in [0.05, 0.1) is 11.4 Å². The van der Waals surface area contributed by atoms with Gasteiger partial charge in [0.25, 0.3) is 0 Å². The van der Waals surface area contributed by atoms with Gasteiger partial charge < -0.3 is 10.5 Å². The minimum absolute atomic E-state index is 0.206. The third-order valence-corrected chi connectivity index (χ3v) is 2.80. The first kappa shape index (κ1) is 13.8. The maximum atomic E-state index is 11.8. The second-order valence-corrected chi connectivity index (χ2v) is 4.13. The fraction of sp³-hybridized carbons (Fsp3) is 0.462. The van der Waals surface area contributed by atoms with Crippen LogP contribution in [0.15, 0.2) is 12.1 Å². The maximum absolute atomic E-state index is 11.8. The summed E-state index contributed by atoms with van der Waals surface area (Å²) in [4.78, 5) is 11.8. The first-order valence-corrected chi connectivity index (χ1v) is 6.31. The van der Waals surface area contributed by atoms with Crippen LogP contribution in [-0.2, 0) is 17.6 Å². The van der Waals surface area contributed by atoms with Crippen LogP contribution >= 0.6 is 11.6 Å². The number of nitrogens with two attached hydrogens (primary N) is 1. The molecule has 2 N–H and O–H groups in total. The van der Waals surface area contributed by atoms with Gasteiger partial charge in [-0.3, -0.25) is 0 Å². The van der Waals surface area contributed by atoms with Crippen molar-refractivity contribution >= 4 is 23.3 Å². The molecule has 0 unspecified atom stereocenters. The molecule has 4 heteroatoms. The largest absolute Gasteiger partial charge is 0.461 e. The van der Waals surface area contributed by atoms with Crippen LogP contribution in [0.25, 0.3) is 0 Å². The summed E-state index contributed by atoms with van der Waals surface area (Å²) in [5.41, 5.74) is 9.00. The lowest BCUT2D eigenvalue weighted by molar-refractivity contribution is 0.0530. The molecular formula is C13H18ClNO2. The Hall–Kier alpha value is -1.22. The van der Waals surface area contributed by atoms with Crippen LogP contribution < -0.4 is 5.73 Å². The summed E-state index contributed by atoms with van der Waals surface area (Å²) in [6.45, 7) is 4.26. The highest BCUT2D eigenvalue weighted by Gasteiger charge is 2.14. The molecule has 0 fully saturated rings. The summed E-state index contributed by atoms with van der Waals surface area (Å²) in [5.74, 6) is -0.104. The highest BCUT2D eigenvalue weighted by atomic mass is 35.5. The van der Waals surface area contributed by atoms with E-state index in [1.165, 1.54) is 0 Å². The number of carbonyl (C=O) groups excluding carboxylic acids is 1. The lowest BCUT2D eigenvalue weighted by Crippen LogP contribution is -2.12. The Labute approximate surface area is 107 Å². The number of rotatable bonds is 5. The fourth-order valence-electron chi connectivity index (χ4n) is 1.65. The van der Waals surface area contributed by atoms with Crippen molar-refractivity contribution in [1.29, 1.82) is 0 Å². The number of halogens is 1.